The Kier molecular flexibility index (Phi) is 1.01. The first kappa shape index (κ1) is 8.97. The lowest BCUT2D eigenvalue weighted by Crippen LogP contribution is -2.86. The molecule has 0 aromatic heterocycles. The van der Waals surface area contributed by atoms with Gasteiger partial charge in [0.25, 0.3) is 0 Å². The van der Waals surface area contributed by atoms with E-state index in [-0.39, 0.29) is 0 Å². The summed E-state index contributed by atoms with van der Waals surface area (Å²) in [7, 11) is 0. The highest BCUT2D eigenvalue weighted by atomic mass is 16.5. The second kappa shape index (κ2) is 2.03. The molecular formula is C16H20O2. The third-order valence-corrected chi connectivity index (χ3v) is 9.57. The predicted molar refractivity (Wildman–Crippen MR) is 63.8 cm³/mol. The average Bonchev–Trinajstić information content (AvgIpc) is 2.81. The average molecular weight is 244 g/mol. The highest BCUT2D eigenvalue weighted by Crippen LogP contribution is 2.95. The Morgan fingerprint density at radius 1 is 0.500 bits per heavy atom. The van der Waals surface area contributed by atoms with Gasteiger partial charge in [-0.2, -0.15) is 0 Å². The van der Waals surface area contributed by atoms with Gasteiger partial charge in [0.15, 0.2) is 0 Å². The van der Waals surface area contributed by atoms with E-state index >= 15 is 0 Å². The molecule has 0 N–H and O–H groups in total. The van der Waals surface area contributed by atoms with E-state index < -0.39 is 0 Å². The van der Waals surface area contributed by atoms with Crippen molar-refractivity contribution in [3.63, 3.8) is 0 Å². The Labute approximate surface area is 107 Å². The minimum absolute atomic E-state index is 0.652. The highest BCUT2D eigenvalue weighted by Gasteiger charge is 2.92. The van der Waals surface area contributed by atoms with Crippen LogP contribution in [0.3, 0.4) is 0 Å². The van der Waals surface area contributed by atoms with Crippen molar-refractivity contribution < 1.29 is 9.47 Å². The van der Waals surface area contributed by atoms with Crippen molar-refractivity contribution in [1.82, 2.24) is 0 Å². The van der Waals surface area contributed by atoms with Gasteiger partial charge < -0.3 is 9.47 Å². The summed E-state index contributed by atoms with van der Waals surface area (Å²) < 4.78 is 12.1. The van der Waals surface area contributed by atoms with E-state index in [1.165, 1.54) is 25.7 Å². The van der Waals surface area contributed by atoms with E-state index in [9.17, 15) is 0 Å². The summed E-state index contributed by atoms with van der Waals surface area (Å²) in [6, 6.07) is 0. The first-order valence-electron chi connectivity index (χ1n) is 7.94. The van der Waals surface area contributed by atoms with Crippen molar-refractivity contribution in [2.24, 2.45) is 45.3 Å². The van der Waals surface area contributed by atoms with Crippen LogP contribution in [0.25, 0.3) is 0 Å². The van der Waals surface area contributed by atoms with E-state index in [1.807, 2.05) is 0 Å². The standard InChI is InChI=1S/C16H20O2/c1-9-10-2-15-7-17-5-13(1,15)11-3-14(9)6-18-8-16(10,14)4-12(11)15/h9-12H,1-8H2. The smallest absolute Gasteiger partial charge is 0.0531 e. The molecule has 6 aliphatic carbocycles. The van der Waals surface area contributed by atoms with E-state index in [2.05, 4.69) is 0 Å². The molecule has 18 heavy (non-hydrogen) atoms. The molecule has 2 saturated heterocycles. The van der Waals surface area contributed by atoms with Crippen molar-refractivity contribution in [3.8, 4) is 0 Å². The van der Waals surface area contributed by atoms with E-state index in [0.29, 0.717) is 21.7 Å². The number of rotatable bonds is 0. The van der Waals surface area contributed by atoms with Gasteiger partial charge in [-0.1, -0.05) is 0 Å². The van der Waals surface area contributed by atoms with E-state index in [1.54, 1.807) is 0 Å². The third kappa shape index (κ3) is 0.480. The second-order valence-corrected chi connectivity index (χ2v) is 8.85. The Morgan fingerprint density at radius 3 is 1.06 bits per heavy atom. The maximum atomic E-state index is 6.06. The number of hydrogen-bond acceptors (Lipinski definition) is 2. The van der Waals surface area contributed by atoms with Crippen LogP contribution in [0.4, 0.5) is 0 Å². The van der Waals surface area contributed by atoms with Crippen molar-refractivity contribution >= 4 is 0 Å². The van der Waals surface area contributed by atoms with Crippen LogP contribution in [0, 0.1) is 45.3 Å². The molecule has 8 fully saturated rings. The lowest BCUT2D eigenvalue weighted by atomic mass is 9.13. The summed E-state index contributed by atoms with van der Waals surface area (Å²) in [4.78, 5) is 0. The molecule has 4 spiro atoms. The minimum atomic E-state index is 0.652. The molecule has 0 aromatic rings. The summed E-state index contributed by atoms with van der Waals surface area (Å²) in [5.41, 5.74) is 2.61. The van der Waals surface area contributed by atoms with Gasteiger partial charge in [0.2, 0.25) is 0 Å². The molecule has 0 amide bonds. The van der Waals surface area contributed by atoms with Crippen LogP contribution in [-0.2, 0) is 9.47 Å². The van der Waals surface area contributed by atoms with Gasteiger partial charge in [0.05, 0.1) is 26.4 Å². The van der Waals surface area contributed by atoms with Gasteiger partial charge in [0, 0.05) is 21.7 Å². The fourth-order valence-corrected chi connectivity index (χ4v) is 9.23. The largest absolute Gasteiger partial charge is 0.380 e. The summed E-state index contributed by atoms with van der Waals surface area (Å²) >= 11 is 0. The number of hydrogen-bond donors (Lipinski definition) is 0. The van der Waals surface area contributed by atoms with Crippen molar-refractivity contribution in [1.29, 1.82) is 0 Å². The molecule has 2 heteroatoms. The van der Waals surface area contributed by atoms with Crippen LogP contribution in [0.1, 0.15) is 25.7 Å². The van der Waals surface area contributed by atoms with Crippen molar-refractivity contribution in [2.75, 3.05) is 26.4 Å². The first-order chi connectivity index (χ1) is 8.78. The normalized spacial score (nSPS) is 80.0. The fraction of sp³-hybridized carbons (Fsp3) is 1.00. The van der Waals surface area contributed by atoms with Crippen LogP contribution in [0.2, 0.25) is 0 Å². The summed E-state index contributed by atoms with van der Waals surface area (Å²) in [5.74, 6) is 4.08. The lowest BCUT2D eigenvalue weighted by molar-refractivity contribution is -0.417. The maximum Gasteiger partial charge on any atom is 0.0531 e. The van der Waals surface area contributed by atoms with Crippen LogP contribution < -0.4 is 0 Å². The monoisotopic (exact) mass is 244 g/mol. The zero-order chi connectivity index (χ0) is 11.4. The SMILES string of the molecule is C1OCC23CC4C5CC12C1CC52COCC42CC13. The Balaban J connectivity index is 1.55. The van der Waals surface area contributed by atoms with Crippen molar-refractivity contribution in [2.45, 2.75) is 25.7 Å². The van der Waals surface area contributed by atoms with Gasteiger partial charge >= 0.3 is 0 Å². The zero-order valence-electron chi connectivity index (χ0n) is 10.8. The highest BCUT2D eigenvalue weighted by molar-refractivity contribution is 5.39. The molecule has 8 unspecified atom stereocenters. The van der Waals surface area contributed by atoms with E-state index in [4.69, 9.17) is 9.47 Å². The van der Waals surface area contributed by atoms with Crippen molar-refractivity contribution in [3.05, 3.63) is 0 Å². The molecular weight excluding hydrogens is 224 g/mol. The van der Waals surface area contributed by atoms with Crippen LogP contribution in [-0.4, -0.2) is 26.4 Å². The Hall–Kier alpha value is -0.0800. The molecule has 2 nitrogen and oxygen atoms in total. The third-order valence-electron chi connectivity index (χ3n) is 9.57. The van der Waals surface area contributed by atoms with Gasteiger partial charge in [-0.25, -0.2) is 0 Å². The Morgan fingerprint density at radius 2 is 0.778 bits per heavy atom. The molecule has 2 heterocycles. The predicted octanol–water partition coefficient (Wildman–Crippen LogP) is 2.09. The zero-order valence-corrected chi connectivity index (χ0v) is 10.8. The molecule has 8 aliphatic rings. The quantitative estimate of drug-likeness (QED) is 0.649. The summed E-state index contributed by atoms with van der Waals surface area (Å²) in [6.07, 6.45) is 6.07. The van der Waals surface area contributed by atoms with Crippen LogP contribution in [0.5, 0.6) is 0 Å². The molecule has 6 saturated carbocycles. The van der Waals surface area contributed by atoms with E-state index in [0.717, 1.165) is 50.1 Å². The molecule has 2 aliphatic heterocycles. The van der Waals surface area contributed by atoms with Gasteiger partial charge in [0.1, 0.15) is 0 Å². The van der Waals surface area contributed by atoms with Gasteiger partial charge in [-0.3, -0.25) is 0 Å². The summed E-state index contributed by atoms with van der Waals surface area (Å²) in [5, 5.41) is 0. The molecule has 0 radical (unpaired) electrons. The Bertz CT molecular complexity index is 427. The topological polar surface area (TPSA) is 18.5 Å². The molecule has 0 aromatic carbocycles. The first-order valence-corrected chi connectivity index (χ1v) is 7.94. The molecule has 8 rings (SSSR count). The minimum Gasteiger partial charge on any atom is -0.380 e. The van der Waals surface area contributed by atoms with Gasteiger partial charge in [-0.15, -0.1) is 0 Å². The van der Waals surface area contributed by atoms with Crippen LogP contribution >= 0.6 is 0 Å². The molecule has 8 atom stereocenters. The summed E-state index contributed by atoms with van der Waals surface area (Å²) in [6.45, 7) is 4.45. The maximum absolute atomic E-state index is 6.06. The second-order valence-electron chi connectivity index (χ2n) is 8.85. The number of ether oxygens (including phenoxy) is 2. The fourth-order valence-electron chi connectivity index (χ4n) is 9.23. The van der Waals surface area contributed by atoms with Crippen LogP contribution in [0.15, 0.2) is 0 Å². The van der Waals surface area contributed by atoms with Gasteiger partial charge in [-0.05, 0) is 49.4 Å². The lowest BCUT2D eigenvalue weighted by Gasteiger charge is -2.89. The molecule has 96 valence electrons. The molecule has 8 bridgehead atoms.